The fourth-order valence-corrected chi connectivity index (χ4v) is 2.01. The van der Waals surface area contributed by atoms with Gasteiger partial charge < -0.3 is 10.5 Å². The fourth-order valence-electron chi connectivity index (χ4n) is 2.01. The van der Waals surface area contributed by atoms with Gasteiger partial charge >= 0.3 is 0 Å². The summed E-state index contributed by atoms with van der Waals surface area (Å²) in [5.74, 6) is 1.11. The second kappa shape index (κ2) is 5.34. The third-order valence-electron chi connectivity index (χ3n) is 2.93. The lowest BCUT2D eigenvalue weighted by Gasteiger charge is -2.13. The monoisotopic (exact) mass is 263 g/mol. The number of nitriles is 2. The molecule has 0 bridgehead atoms. The summed E-state index contributed by atoms with van der Waals surface area (Å²) in [4.78, 5) is 0. The van der Waals surface area contributed by atoms with Gasteiger partial charge in [0.2, 0.25) is 0 Å². The lowest BCUT2D eigenvalue weighted by molar-refractivity contribution is 0.473. The van der Waals surface area contributed by atoms with Crippen LogP contribution in [-0.2, 0) is 0 Å². The highest BCUT2D eigenvalue weighted by Gasteiger charge is 2.11. The second-order valence-electron chi connectivity index (χ2n) is 4.52. The minimum Gasteiger partial charge on any atom is -0.455 e. The van der Waals surface area contributed by atoms with Gasteiger partial charge in [0.15, 0.2) is 0 Å². The van der Waals surface area contributed by atoms with Gasteiger partial charge in [0.25, 0.3) is 0 Å². The predicted octanol–water partition coefficient (Wildman–Crippen LogP) is 3.42. The Hall–Kier alpha value is -2.98. The number of ether oxygens (including phenoxy) is 1. The van der Waals surface area contributed by atoms with Crippen LogP contribution in [-0.4, -0.2) is 0 Å². The fraction of sp³-hybridized carbons (Fsp3) is 0.125. The second-order valence-corrected chi connectivity index (χ2v) is 4.52. The summed E-state index contributed by atoms with van der Waals surface area (Å²) in [5, 5.41) is 18.0. The Labute approximate surface area is 117 Å². The van der Waals surface area contributed by atoms with Gasteiger partial charge in [-0.1, -0.05) is 0 Å². The van der Waals surface area contributed by atoms with Crippen LogP contribution in [0, 0.1) is 36.5 Å². The van der Waals surface area contributed by atoms with E-state index >= 15 is 0 Å². The molecule has 2 rings (SSSR count). The average molecular weight is 263 g/mol. The molecule has 4 nitrogen and oxygen atoms in total. The highest BCUT2D eigenvalue weighted by Crippen LogP contribution is 2.32. The molecule has 0 aliphatic carbocycles. The Morgan fingerprint density at radius 3 is 2.20 bits per heavy atom. The van der Waals surface area contributed by atoms with Crippen LogP contribution in [0.25, 0.3) is 0 Å². The standard InChI is InChI=1S/C16H13N3O/c1-10-5-12(8-17)6-11(2)16(10)20-15-4-3-14(19)7-13(15)9-18/h3-7H,19H2,1-2H3. The van der Waals surface area contributed by atoms with E-state index in [9.17, 15) is 0 Å². The van der Waals surface area contributed by atoms with Crippen LogP contribution in [0.1, 0.15) is 22.3 Å². The molecular formula is C16H13N3O. The number of nitrogens with two attached hydrogens (primary N) is 1. The van der Waals surface area contributed by atoms with E-state index in [1.165, 1.54) is 0 Å². The molecule has 0 radical (unpaired) electrons. The van der Waals surface area contributed by atoms with Crippen molar-refractivity contribution in [3.63, 3.8) is 0 Å². The molecule has 0 unspecified atom stereocenters. The number of aryl methyl sites for hydroxylation is 2. The molecule has 0 heterocycles. The van der Waals surface area contributed by atoms with Gasteiger partial charge in [-0.25, -0.2) is 0 Å². The van der Waals surface area contributed by atoms with Crippen molar-refractivity contribution < 1.29 is 4.74 Å². The maximum atomic E-state index is 9.11. The molecule has 98 valence electrons. The van der Waals surface area contributed by atoms with E-state index in [2.05, 4.69) is 12.1 Å². The van der Waals surface area contributed by atoms with E-state index in [4.69, 9.17) is 21.0 Å². The Morgan fingerprint density at radius 1 is 1.00 bits per heavy atom. The molecule has 2 aromatic carbocycles. The van der Waals surface area contributed by atoms with Crippen molar-refractivity contribution in [3.8, 4) is 23.6 Å². The number of nitrogen functional groups attached to an aromatic ring is 1. The molecule has 0 atom stereocenters. The van der Waals surface area contributed by atoms with Gasteiger partial charge in [-0.15, -0.1) is 0 Å². The third kappa shape index (κ3) is 2.55. The summed E-state index contributed by atoms with van der Waals surface area (Å²) in [6.45, 7) is 3.74. The van der Waals surface area contributed by atoms with Gasteiger partial charge in [-0.3, -0.25) is 0 Å². The SMILES string of the molecule is Cc1cc(C#N)cc(C)c1Oc1ccc(N)cc1C#N. The molecular weight excluding hydrogens is 250 g/mol. The van der Waals surface area contributed by atoms with Crippen LogP contribution in [0.4, 0.5) is 5.69 Å². The van der Waals surface area contributed by atoms with E-state index in [1.54, 1.807) is 30.3 Å². The number of rotatable bonds is 2. The summed E-state index contributed by atoms with van der Waals surface area (Å²) in [5.41, 5.74) is 8.84. The Bertz CT molecular complexity index is 728. The number of benzene rings is 2. The summed E-state index contributed by atoms with van der Waals surface area (Å²) in [6, 6.07) is 12.6. The third-order valence-corrected chi connectivity index (χ3v) is 2.93. The summed E-state index contributed by atoms with van der Waals surface area (Å²) >= 11 is 0. The summed E-state index contributed by atoms with van der Waals surface area (Å²) in [7, 11) is 0. The summed E-state index contributed by atoms with van der Waals surface area (Å²) in [6.07, 6.45) is 0. The van der Waals surface area contributed by atoms with E-state index in [0.717, 1.165) is 11.1 Å². The topological polar surface area (TPSA) is 82.8 Å². The van der Waals surface area contributed by atoms with Crippen molar-refractivity contribution >= 4 is 5.69 Å². The molecule has 2 N–H and O–H groups in total. The largest absolute Gasteiger partial charge is 0.455 e. The van der Waals surface area contributed by atoms with Crippen molar-refractivity contribution in [3.05, 3.63) is 52.6 Å². The molecule has 0 saturated carbocycles. The average Bonchev–Trinajstić information content (AvgIpc) is 2.43. The normalized spacial score (nSPS) is 9.60. The van der Waals surface area contributed by atoms with Crippen molar-refractivity contribution in [1.29, 1.82) is 10.5 Å². The lowest BCUT2D eigenvalue weighted by atomic mass is 10.1. The Morgan fingerprint density at radius 2 is 1.65 bits per heavy atom. The molecule has 2 aromatic rings. The van der Waals surface area contributed by atoms with Gasteiger partial charge in [-0.05, 0) is 55.3 Å². The van der Waals surface area contributed by atoms with Crippen LogP contribution < -0.4 is 10.5 Å². The minimum absolute atomic E-state index is 0.383. The van der Waals surface area contributed by atoms with Crippen LogP contribution in [0.3, 0.4) is 0 Å². The molecule has 0 fully saturated rings. The van der Waals surface area contributed by atoms with Crippen molar-refractivity contribution in [2.45, 2.75) is 13.8 Å². The van der Waals surface area contributed by atoms with E-state index in [-0.39, 0.29) is 0 Å². The van der Waals surface area contributed by atoms with Gasteiger partial charge in [0.1, 0.15) is 17.6 Å². The summed E-state index contributed by atoms with van der Waals surface area (Å²) < 4.78 is 5.83. The minimum atomic E-state index is 0.383. The van der Waals surface area contributed by atoms with E-state index in [1.807, 2.05) is 13.8 Å². The molecule has 0 aromatic heterocycles. The first-order valence-electron chi connectivity index (χ1n) is 6.04. The van der Waals surface area contributed by atoms with Crippen molar-refractivity contribution in [1.82, 2.24) is 0 Å². The molecule has 0 aliphatic heterocycles. The van der Waals surface area contributed by atoms with Gasteiger partial charge in [0, 0.05) is 5.69 Å². The zero-order valence-electron chi connectivity index (χ0n) is 11.3. The van der Waals surface area contributed by atoms with Crippen LogP contribution in [0.5, 0.6) is 11.5 Å². The first-order chi connectivity index (χ1) is 9.55. The highest BCUT2D eigenvalue weighted by atomic mass is 16.5. The number of nitrogens with zero attached hydrogens (tertiary/aromatic N) is 2. The van der Waals surface area contributed by atoms with Crippen molar-refractivity contribution in [2.24, 2.45) is 0 Å². The van der Waals surface area contributed by atoms with E-state index in [0.29, 0.717) is 28.3 Å². The number of hydrogen-bond acceptors (Lipinski definition) is 4. The maximum absolute atomic E-state index is 9.11. The molecule has 20 heavy (non-hydrogen) atoms. The maximum Gasteiger partial charge on any atom is 0.145 e. The van der Waals surface area contributed by atoms with Crippen molar-refractivity contribution in [2.75, 3.05) is 5.73 Å². The zero-order chi connectivity index (χ0) is 14.7. The Balaban J connectivity index is 2.46. The van der Waals surface area contributed by atoms with Gasteiger partial charge in [-0.2, -0.15) is 10.5 Å². The molecule has 0 amide bonds. The first-order valence-corrected chi connectivity index (χ1v) is 6.04. The molecule has 4 heteroatoms. The quantitative estimate of drug-likeness (QED) is 0.841. The van der Waals surface area contributed by atoms with Crippen LogP contribution >= 0.6 is 0 Å². The lowest BCUT2D eigenvalue weighted by Crippen LogP contribution is -1.95. The number of hydrogen-bond donors (Lipinski definition) is 1. The van der Waals surface area contributed by atoms with Gasteiger partial charge in [0.05, 0.1) is 17.2 Å². The predicted molar refractivity (Wildman–Crippen MR) is 76.3 cm³/mol. The highest BCUT2D eigenvalue weighted by molar-refractivity contribution is 5.56. The number of anilines is 1. The first kappa shape index (κ1) is 13.5. The molecule has 0 saturated heterocycles. The Kier molecular flexibility index (Phi) is 3.59. The van der Waals surface area contributed by atoms with Crippen LogP contribution in [0.15, 0.2) is 30.3 Å². The molecule has 0 spiro atoms. The zero-order valence-corrected chi connectivity index (χ0v) is 11.3. The molecule has 0 aliphatic rings. The van der Waals surface area contributed by atoms with E-state index < -0.39 is 0 Å². The van der Waals surface area contributed by atoms with Crippen LogP contribution in [0.2, 0.25) is 0 Å². The smallest absolute Gasteiger partial charge is 0.145 e.